The predicted molar refractivity (Wildman–Crippen MR) is 88.4 cm³/mol. The first kappa shape index (κ1) is 16.3. The second-order valence-corrected chi connectivity index (χ2v) is 7.88. The first-order chi connectivity index (χ1) is 9.66. The lowest BCUT2D eigenvalue weighted by atomic mass is 9.96. The zero-order valence-electron chi connectivity index (χ0n) is 12.3. The summed E-state index contributed by atoms with van der Waals surface area (Å²) in [5.41, 5.74) is 0.277. The van der Waals surface area contributed by atoms with E-state index in [9.17, 15) is 4.79 Å². The summed E-state index contributed by atoms with van der Waals surface area (Å²) in [4.78, 5) is 18.0. The Labute approximate surface area is 137 Å². The fourth-order valence-electron chi connectivity index (χ4n) is 1.65. The molecule has 0 bridgehead atoms. The van der Waals surface area contributed by atoms with E-state index in [1.807, 2.05) is 38.5 Å². The molecule has 1 aromatic carbocycles. The maximum Gasteiger partial charge on any atom is 0.253 e. The lowest BCUT2D eigenvalue weighted by molar-refractivity contribution is -0.125. The number of carbonyl (C=O) groups excluding carboxylic acids is 1. The Hall–Kier alpha value is -1.10. The molecule has 2 aromatic rings. The molecule has 0 N–H and O–H groups in total. The number of benzene rings is 1. The third-order valence-electron chi connectivity index (χ3n) is 2.73. The van der Waals surface area contributed by atoms with Crippen molar-refractivity contribution in [3.05, 3.63) is 44.1 Å². The van der Waals surface area contributed by atoms with Gasteiger partial charge in [0, 0.05) is 26.5 Å². The number of aryl methyl sites for hydroxylation is 1. The molecule has 1 aromatic heterocycles. The van der Waals surface area contributed by atoms with E-state index in [1.165, 1.54) is 11.3 Å². The molecule has 0 aliphatic heterocycles. The highest BCUT2D eigenvalue weighted by atomic mass is 35.5. The van der Waals surface area contributed by atoms with E-state index < -0.39 is 5.41 Å². The van der Waals surface area contributed by atoms with Crippen LogP contribution in [0.1, 0.15) is 25.6 Å². The van der Waals surface area contributed by atoms with E-state index in [0.29, 0.717) is 14.8 Å². The fraction of sp³-hybridized carbons (Fsp3) is 0.333. The molecule has 0 saturated carbocycles. The molecule has 21 heavy (non-hydrogen) atoms. The van der Waals surface area contributed by atoms with Gasteiger partial charge in [-0.15, -0.1) is 11.3 Å². The highest BCUT2D eigenvalue weighted by Crippen LogP contribution is 2.22. The smallest absolute Gasteiger partial charge is 0.253 e. The Morgan fingerprint density at radius 2 is 1.76 bits per heavy atom. The highest BCUT2D eigenvalue weighted by Gasteiger charge is 2.21. The zero-order valence-corrected chi connectivity index (χ0v) is 14.6. The molecule has 1 amide bonds. The summed E-state index contributed by atoms with van der Waals surface area (Å²) in [5, 5.41) is 1.09. The Kier molecular flexibility index (Phi) is 4.61. The molecule has 6 heteroatoms. The second kappa shape index (κ2) is 5.95. The van der Waals surface area contributed by atoms with E-state index in [1.54, 1.807) is 18.2 Å². The first-order valence-electron chi connectivity index (χ1n) is 6.41. The summed E-state index contributed by atoms with van der Waals surface area (Å²) in [6, 6.07) is 5.25. The minimum Gasteiger partial charge on any atom is -0.292 e. The summed E-state index contributed by atoms with van der Waals surface area (Å²) < 4.78 is 1.83. The van der Waals surface area contributed by atoms with Gasteiger partial charge in [0.1, 0.15) is 0 Å². The summed E-state index contributed by atoms with van der Waals surface area (Å²) in [7, 11) is 0. The number of thiazole rings is 1. The van der Waals surface area contributed by atoms with Gasteiger partial charge in [0.2, 0.25) is 0 Å². The van der Waals surface area contributed by atoms with Crippen molar-refractivity contribution in [1.82, 2.24) is 4.57 Å². The molecule has 0 spiro atoms. The molecule has 0 fully saturated rings. The van der Waals surface area contributed by atoms with Crippen LogP contribution in [-0.2, 0) is 4.79 Å². The quantitative estimate of drug-likeness (QED) is 0.743. The molecule has 1 heterocycles. The van der Waals surface area contributed by atoms with E-state index in [2.05, 4.69) is 4.99 Å². The molecule has 0 saturated heterocycles. The van der Waals surface area contributed by atoms with E-state index in [-0.39, 0.29) is 5.91 Å². The zero-order chi connectivity index (χ0) is 15.8. The maximum atomic E-state index is 12.1. The summed E-state index contributed by atoms with van der Waals surface area (Å²) >= 11 is 13.5. The topological polar surface area (TPSA) is 34.4 Å². The number of aromatic nitrogens is 1. The van der Waals surface area contributed by atoms with Crippen molar-refractivity contribution < 1.29 is 4.79 Å². The van der Waals surface area contributed by atoms with Crippen LogP contribution in [0.25, 0.3) is 5.69 Å². The van der Waals surface area contributed by atoms with Gasteiger partial charge in [-0.2, -0.15) is 4.99 Å². The standard InChI is InChI=1S/C15H16Cl2N2OS/c1-9-8-19(12-6-10(16)5-11(17)7-12)14(21-9)18-13(20)15(2,3)4/h5-8H,1-4H3. The Bertz CT molecular complexity index is 734. The van der Waals surface area contributed by atoms with Crippen LogP contribution in [0, 0.1) is 12.3 Å². The van der Waals surface area contributed by atoms with Gasteiger partial charge in [-0.25, -0.2) is 0 Å². The lowest BCUT2D eigenvalue weighted by Gasteiger charge is -2.12. The van der Waals surface area contributed by atoms with Crippen molar-refractivity contribution in [3.8, 4) is 5.69 Å². The van der Waals surface area contributed by atoms with Crippen LogP contribution in [0.2, 0.25) is 10.0 Å². The van der Waals surface area contributed by atoms with Crippen molar-refractivity contribution in [1.29, 1.82) is 0 Å². The predicted octanol–water partition coefficient (Wildman–Crippen LogP) is 4.63. The molecule has 112 valence electrons. The van der Waals surface area contributed by atoms with Crippen LogP contribution in [0.15, 0.2) is 29.4 Å². The number of hydrogen-bond donors (Lipinski definition) is 0. The molecule has 0 aliphatic carbocycles. The van der Waals surface area contributed by atoms with Crippen LogP contribution in [0.4, 0.5) is 0 Å². The molecule has 2 rings (SSSR count). The number of rotatable bonds is 1. The summed E-state index contributed by atoms with van der Waals surface area (Å²) in [6.45, 7) is 7.51. The van der Waals surface area contributed by atoms with Gasteiger partial charge in [0.15, 0.2) is 4.80 Å². The normalized spacial score (nSPS) is 12.8. The molecule has 0 radical (unpaired) electrons. The van der Waals surface area contributed by atoms with Crippen molar-refractivity contribution in [3.63, 3.8) is 0 Å². The van der Waals surface area contributed by atoms with Crippen molar-refractivity contribution in [2.75, 3.05) is 0 Å². The first-order valence-corrected chi connectivity index (χ1v) is 7.99. The molecule has 3 nitrogen and oxygen atoms in total. The van der Waals surface area contributed by atoms with Gasteiger partial charge in [0.05, 0.1) is 5.69 Å². The average molecular weight is 343 g/mol. The van der Waals surface area contributed by atoms with E-state index in [4.69, 9.17) is 23.2 Å². The molecule has 0 aliphatic rings. The van der Waals surface area contributed by atoms with Crippen molar-refractivity contribution >= 4 is 40.4 Å². The second-order valence-electron chi connectivity index (χ2n) is 5.79. The Morgan fingerprint density at radius 3 is 2.29 bits per heavy atom. The Morgan fingerprint density at radius 1 is 1.19 bits per heavy atom. The summed E-state index contributed by atoms with van der Waals surface area (Å²) in [6.07, 6.45) is 1.92. The third kappa shape index (κ3) is 3.96. The van der Waals surface area contributed by atoms with E-state index in [0.717, 1.165) is 10.6 Å². The van der Waals surface area contributed by atoms with Crippen molar-refractivity contribution in [2.24, 2.45) is 10.4 Å². The highest BCUT2D eigenvalue weighted by molar-refractivity contribution is 7.09. The number of amides is 1. The van der Waals surface area contributed by atoms with Crippen LogP contribution in [-0.4, -0.2) is 10.5 Å². The van der Waals surface area contributed by atoms with Gasteiger partial charge in [-0.3, -0.25) is 9.36 Å². The van der Waals surface area contributed by atoms with Crippen molar-refractivity contribution in [2.45, 2.75) is 27.7 Å². The van der Waals surface area contributed by atoms with Crippen LogP contribution in [0.3, 0.4) is 0 Å². The minimum atomic E-state index is -0.512. The lowest BCUT2D eigenvalue weighted by Crippen LogP contribution is -2.22. The van der Waals surface area contributed by atoms with Crippen LogP contribution in [0.5, 0.6) is 0 Å². The average Bonchev–Trinajstić information content (AvgIpc) is 2.67. The van der Waals surface area contributed by atoms with Gasteiger partial charge in [-0.05, 0) is 25.1 Å². The van der Waals surface area contributed by atoms with Gasteiger partial charge in [0.25, 0.3) is 5.91 Å². The minimum absolute atomic E-state index is 0.161. The van der Waals surface area contributed by atoms with Crippen LogP contribution >= 0.6 is 34.5 Å². The largest absolute Gasteiger partial charge is 0.292 e. The SMILES string of the molecule is Cc1cn(-c2cc(Cl)cc(Cl)c2)c(=NC(=O)C(C)(C)C)s1. The number of nitrogens with zero attached hydrogens (tertiary/aromatic N) is 2. The maximum absolute atomic E-state index is 12.1. The molecular weight excluding hydrogens is 327 g/mol. The van der Waals surface area contributed by atoms with Gasteiger partial charge < -0.3 is 0 Å². The fourth-order valence-corrected chi connectivity index (χ4v) is 3.00. The summed E-state index contributed by atoms with van der Waals surface area (Å²) in [5.74, 6) is -0.161. The molecule has 0 atom stereocenters. The number of halogens is 2. The monoisotopic (exact) mass is 342 g/mol. The molecule has 0 unspecified atom stereocenters. The van der Waals surface area contributed by atoms with Crippen LogP contribution < -0.4 is 4.80 Å². The van der Waals surface area contributed by atoms with Gasteiger partial charge >= 0.3 is 0 Å². The number of hydrogen-bond acceptors (Lipinski definition) is 2. The van der Waals surface area contributed by atoms with E-state index >= 15 is 0 Å². The Balaban J connectivity index is 2.61. The van der Waals surface area contributed by atoms with Gasteiger partial charge in [-0.1, -0.05) is 44.0 Å². The third-order valence-corrected chi connectivity index (χ3v) is 4.07. The molecular formula is C15H16Cl2N2OS. The number of carbonyl (C=O) groups is 1.